The van der Waals surface area contributed by atoms with E-state index in [0.717, 1.165) is 29.8 Å². The van der Waals surface area contributed by atoms with Crippen molar-refractivity contribution in [3.05, 3.63) is 11.1 Å². The monoisotopic (exact) mass is 339 g/mol. The summed E-state index contributed by atoms with van der Waals surface area (Å²) in [7, 11) is 0. The number of thiazole rings is 1. The van der Waals surface area contributed by atoms with E-state index >= 15 is 0 Å². The first kappa shape index (κ1) is 18.7. The summed E-state index contributed by atoms with van der Waals surface area (Å²) in [6.07, 6.45) is -4.33. The maximum Gasteiger partial charge on any atom is 0.434 e. The Morgan fingerprint density at radius 3 is 2.27 bits per heavy atom. The molecule has 1 aromatic rings. The van der Waals surface area contributed by atoms with Crippen LogP contribution in [0, 0.1) is 0 Å². The molecule has 2 rings (SSSR count). The van der Waals surface area contributed by atoms with E-state index in [1.165, 1.54) is 0 Å². The summed E-state index contributed by atoms with van der Waals surface area (Å²) >= 11 is 1.05. The van der Waals surface area contributed by atoms with E-state index in [4.69, 9.17) is 0 Å². The lowest BCUT2D eigenvalue weighted by Crippen LogP contribution is -2.43. The van der Waals surface area contributed by atoms with Crippen LogP contribution in [0.15, 0.2) is 5.38 Å². The van der Waals surface area contributed by atoms with Gasteiger partial charge in [0.15, 0.2) is 10.8 Å². The lowest BCUT2D eigenvalue weighted by atomic mass is 10.2. The molecule has 0 radical (unpaired) electrons. The number of piperazine rings is 1. The molecule has 0 aliphatic carbocycles. The average molecular weight is 339 g/mol. The van der Waals surface area contributed by atoms with Gasteiger partial charge in [0, 0.05) is 31.6 Å². The summed E-state index contributed by atoms with van der Waals surface area (Å²) in [5, 5.41) is 4.66. The molecule has 0 unspecified atom stereocenters. The van der Waals surface area contributed by atoms with Gasteiger partial charge in [0.1, 0.15) is 5.60 Å². The van der Waals surface area contributed by atoms with Crippen LogP contribution in [-0.2, 0) is 15.7 Å². The molecule has 1 saturated heterocycles. The third-order valence-electron chi connectivity index (χ3n) is 2.57. The van der Waals surface area contributed by atoms with E-state index in [9.17, 15) is 18.0 Å². The smallest absolute Gasteiger partial charge is 0.434 e. The Hall–Kier alpha value is -1.35. The van der Waals surface area contributed by atoms with E-state index in [0.29, 0.717) is 24.7 Å². The van der Waals surface area contributed by atoms with Crippen molar-refractivity contribution < 1.29 is 22.7 Å². The number of halogens is 3. The van der Waals surface area contributed by atoms with Crippen LogP contribution < -0.4 is 10.2 Å². The van der Waals surface area contributed by atoms with Gasteiger partial charge in [-0.1, -0.05) is 0 Å². The van der Waals surface area contributed by atoms with Crippen molar-refractivity contribution in [2.75, 3.05) is 31.1 Å². The highest BCUT2D eigenvalue weighted by Gasteiger charge is 2.34. The first-order valence-corrected chi connectivity index (χ1v) is 7.61. The second-order valence-corrected chi connectivity index (χ2v) is 6.41. The fourth-order valence-corrected chi connectivity index (χ4v) is 2.43. The molecular formula is C13H20F3N3O2S. The Balaban J connectivity index is 0.000000295. The van der Waals surface area contributed by atoms with Crippen LogP contribution in [0.3, 0.4) is 0 Å². The molecule has 0 bridgehead atoms. The Morgan fingerprint density at radius 2 is 1.91 bits per heavy atom. The SMILES string of the molecule is CC(C)(C)OC=O.FC(F)(F)c1csc(N2CCNCC2)n1. The molecule has 1 N–H and O–H groups in total. The molecule has 0 spiro atoms. The maximum absolute atomic E-state index is 12.3. The minimum atomic E-state index is -4.33. The quantitative estimate of drug-likeness (QED) is 0.839. The first-order valence-electron chi connectivity index (χ1n) is 6.73. The number of carbonyl (C=O) groups excluding carboxylic acids is 1. The topological polar surface area (TPSA) is 54.5 Å². The van der Waals surface area contributed by atoms with Gasteiger partial charge in [-0.15, -0.1) is 11.3 Å². The molecule has 5 nitrogen and oxygen atoms in total. The molecular weight excluding hydrogens is 319 g/mol. The molecule has 0 saturated carbocycles. The van der Waals surface area contributed by atoms with Gasteiger partial charge in [-0.3, -0.25) is 4.79 Å². The number of anilines is 1. The number of nitrogens with one attached hydrogen (secondary N) is 1. The molecule has 0 amide bonds. The van der Waals surface area contributed by atoms with Crippen molar-refractivity contribution >= 4 is 22.9 Å². The van der Waals surface area contributed by atoms with Crippen molar-refractivity contribution in [3.8, 4) is 0 Å². The van der Waals surface area contributed by atoms with E-state index in [1.807, 2.05) is 25.7 Å². The van der Waals surface area contributed by atoms with Crippen LogP contribution >= 0.6 is 11.3 Å². The highest BCUT2D eigenvalue weighted by atomic mass is 32.1. The normalized spacial score (nSPS) is 15.8. The Kier molecular flexibility index (Phi) is 6.61. The molecule has 1 aliphatic rings. The number of carbonyl (C=O) groups is 1. The van der Waals surface area contributed by atoms with Crippen molar-refractivity contribution in [1.29, 1.82) is 0 Å². The predicted molar refractivity (Wildman–Crippen MR) is 79.1 cm³/mol. The summed E-state index contributed by atoms with van der Waals surface area (Å²) < 4.78 is 41.4. The van der Waals surface area contributed by atoms with Crippen molar-refractivity contribution in [1.82, 2.24) is 10.3 Å². The minimum Gasteiger partial charge on any atom is -0.462 e. The molecule has 0 aromatic carbocycles. The van der Waals surface area contributed by atoms with Gasteiger partial charge in [0.2, 0.25) is 0 Å². The van der Waals surface area contributed by atoms with E-state index in [1.54, 1.807) is 0 Å². The third-order valence-corrected chi connectivity index (χ3v) is 3.47. The molecule has 126 valence electrons. The Labute approximate surface area is 131 Å². The van der Waals surface area contributed by atoms with E-state index in [2.05, 4.69) is 15.0 Å². The number of nitrogens with zero attached hydrogens (tertiary/aromatic N) is 2. The molecule has 1 aliphatic heterocycles. The second-order valence-electron chi connectivity index (χ2n) is 5.58. The van der Waals surface area contributed by atoms with Gasteiger partial charge in [-0.25, -0.2) is 4.98 Å². The average Bonchev–Trinajstić information content (AvgIpc) is 2.88. The van der Waals surface area contributed by atoms with Gasteiger partial charge in [-0.2, -0.15) is 13.2 Å². The van der Waals surface area contributed by atoms with E-state index in [-0.39, 0.29) is 5.60 Å². The minimum absolute atomic E-state index is 0.318. The zero-order chi connectivity index (χ0) is 16.8. The van der Waals surface area contributed by atoms with Crippen LogP contribution in [-0.4, -0.2) is 43.2 Å². The number of hydrogen-bond donors (Lipinski definition) is 1. The van der Waals surface area contributed by atoms with Crippen LogP contribution in [0.2, 0.25) is 0 Å². The third kappa shape index (κ3) is 6.61. The Morgan fingerprint density at radius 1 is 1.32 bits per heavy atom. The fraction of sp³-hybridized carbons (Fsp3) is 0.692. The largest absolute Gasteiger partial charge is 0.462 e. The van der Waals surface area contributed by atoms with E-state index < -0.39 is 11.9 Å². The summed E-state index contributed by atoms with van der Waals surface area (Å²) in [5.74, 6) is 0. The highest BCUT2D eigenvalue weighted by Crippen LogP contribution is 2.32. The number of ether oxygens (including phenoxy) is 1. The number of hydrogen-bond acceptors (Lipinski definition) is 6. The van der Waals surface area contributed by atoms with Gasteiger partial charge < -0.3 is 15.0 Å². The standard InChI is InChI=1S/C8H10F3N3S.C5H10O2/c9-8(10,11)6-5-15-7(13-6)14-3-1-12-2-4-14;1-5(2,3)7-4-6/h5,12H,1-4H2;4H,1-3H3. The number of aromatic nitrogens is 1. The van der Waals surface area contributed by atoms with Gasteiger partial charge in [-0.05, 0) is 20.8 Å². The van der Waals surface area contributed by atoms with Crippen molar-refractivity contribution in [2.45, 2.75) is 32.5 Å². The van der Waals surface area contributed by atoms with Crippen LogP contribution in [0.25, 0.3) is 0 Å². The highest BCUT2D eigenvalue weighted by molar-refractivity contribution is 7.13. The molecule has 22 heavy (non-hydrogen) atoms. The van der Waals surface area contributed by atoms with Crippen molar-refractivity contribution in [2.24, 2.45) is 0 Å². The van der Waals surface area contributed by atoms with Gasteiger partial charge in [0.05, 0.1) is 0 Å². The van der Waals surface area contributed by atoms with Crippen LogP contribution in [0.4, 0.5) is 18.3 Å². The molecule has 2 heterocycles. The molecule has 0 atom stereocenters. The zero-order valence-electron chi connectivity index (χ0n) is 12.7. The fourth-order valence-electron chi connectivity index (χ4n) is 1.54. The number of alkyl halides is 3. The molecule has 9 heteroatoms. The number of rotatable bonds is 2. The summed E-state index contributed by atoms with van der Waals surface area (Å²) in [6, 6.07) is 0. The summed E-state index contributed by atoms with van der Waals surface area (Å²) in [5.41, 5.74) is -1.11. The predicted octanol–water partition coefficient (Wildman–Crippen LogP) is 2.53. The first-order chi connectivity index (χ1) is 10.1. The maximum atomic E-state index is 12.3. The van der Waals surface area contributed by atoms with Crippen LogP contribution in [0.5, 0.6) is 0 Å². The van der Waals surface area contributed by atoms with Gasteiger partial charge in [0.25, 0.3) is 6.47 Å². The zero-order valence-corrected chi connectivity index (χ0v) is 13.6. The second kappa shape index (κ2) is 7.77. The van der Waals surface area contributed by atoms with Gasteiger partial charge >= 0.3 is 6.18 Å². The lowest BCUT2D eigenvalue weighted by molar-refractivity contribution is -0.141. The lowest BCUT2D eigenvalue weighted by Gasteiger charge is -2.26. The van der Waals surface area contributed by atoms with Crippen LogP contribution in [0.1, 0.15) is 26.5 Å². The summed E-state index contributed by atoms with van der Waals surface area (Å²) in [6.45, 7) is 8.93. The summed E-state index contributed by atoms with van der Waals surface area (Å²) in [4.78, 5) is 15.1. The Bertz CT molecular complexity index is 466. The molecule has 1 aromatic heterocycles. The van der Waals surface area contributed by atoms with Crippen molar-refractivity contribution in [3.63, 3.8) is 0 Å². The molecule has 1 fully saturated rings.